The fraction of sp³-hybridized carbons (Fsp3) is 0.118. The molecule has 0 amide bonds. The van der Waals surface area contributed by atoms with Gasteiger partial charge in [0.15, 0.2) is 5.58 Å². The molecular weight excluding hydrogens is 266 g/mol. The summed E-state index contributed by atoms with van der Waals surface area (Å²) < 4.78 is 5.89. The van der Waals surface area contributed by atoms with Crippen molar-refractivity contribution in [2.45, 2.75) is 5.75 Å². The number of hydrogen-bond acceptors (Lipinski definition) is 3. The van der Waals surface area contributed by atoms with Crippen LogP contribution in [0.1, 0.15) is 11.1 Å². The second kappa shape index (κ2) is 5.55. The van der Waals surface area contributed by atoms with Crippen molar-refractivity contribution in [2.24, 2.45) is 0 Å². The van der Waals surface area contributed by atoms with Crippen LogP contribution < -0.4 is 0 Å². The van der Waals surface area contributed by atoms with E-state index in [1.165, 1.54) is 5.56 Å². The lowest BCUT2D eigenvalue weighted by Crippen LogP contribution is -1.91. The first-order valence-electron chi connectivity index (χ1n) is 6.42. The highest BCUT2D eigenvalue weighted by atomic mass is 32.2. The van der Waals surface area contributed by atoms with Crippen molar-refractivity contribution < 1.29 is 4.42 Å². The molecule has 0 saturated carbocycles. The molecule has 3 aromatic rings. The number of aromatic nitrogens is 1. The van der Waals surface area contributed by atoms with E-state index in [4.69, 9.17) is 4.42 Å². The monoisotopic (exact) mass is 281 g/mol. The molecule has 100 valence electrons. The highest BCUT2D eigenvalue weighted by Crippen LogP contribution is 2.31. The number of hydrogen-bond donors (Lipinski definition) is 0. The van der Waals surface area contributed by atoms with Gasteiger partial charge in [0.25, 0.3) is 0 Å². The fourth-order valence-electron chi connectivity index (χ4n) is 2.29. The Morgan fingerprint density at radius 2 is 2.05 bits per heavy atom. The third-order valence-corrected chi connectivity index (χ3v) is 3.82. The summed E-state index contributed by atoms with van der Waals surface area (Å²) in [4.78, 5) is 4.59. The molecule has 0 bridgehead atoms. The maximum Gasteiger partial charge on any atom is 0.227 e. The Hall–Kier alpha value is -2.00. The third-order valence-electron chi connectivity index (χ3n) is 3.25. The number of nitrogens with zero attached hydrogens (tertiary/aromatic N) is 1. The van der Waals surface area contributed by atoms with Crippen LogP contribution >= 0.6 is 11.8 Å². The van der Waals surface area contributed by atoms with Crippen molar-refractivity contribution in [3.8, 4) is 11.5 Å². The van der Waals surface area contributed by atoms with Crippen molar-refractivity contribution in [3.05, 3.63) is 60.2 Å². The van der Waals surface area contributed by atoms with E-state index in [9.17, 15) is 0 Å². The molecule has 0 spiro atoms. The van der Waals surface area contributed by atoms with E-state index < -0.39 is 0 Å². The summed E-state index contributed by atoms with van der Waals surface area (Å²) in [6, 6.07) is 14.0. The molecule has 3 rings (SSSR count). The topological polar surface area (TPSA) is 26.0 Å². The average molecular weight is 281 g/mol. The first kappa shape index (κ1) is 13.0. The molecule has 1 aromatic heterocycles. The Balaban J connectivity index is 2.19. The molecule has 0 unspecified atom stereocenters. The molecular formula is C17H15NOS. The van der Waals surface area contributed by atoms with Gasteiger partial charge in [-0.25, -0.2) is 4.98 Å². The van der Waals surface area contributed by atoms with Gasteiger partial charge >= 0.3 is 0 Å². The minimum absolute atomic E-state index is 0.680. The van der Waals surface area contributed by atoms with Gasteiger partial charge < -0.3 is 4.42 Å². The summed E-state index contributed by atoms with van der Waals surface area (Å²) in [5.41, 5.74) is 5.12. The lowest BCUT2D eigenvalue weighted by atomic mass is 10.0. The zero-order chi connectivity index (χ0) is 13.9. The maximum absolute atomic E-state index is 5.89. The molecule has 0 aliphatic carbocycles. The van der Waals surface area contributed by atoms with Crippen LogP contribution in [0.25, 0.3) is 28.6 Å². The number of fused-ring (bicyclic) bond motifs is 1. The molecule has 1 heterocycles. The van der Waals surface area contributed by atoms with E-state index >= 15 is 0 Å². The molecule has 0 atom stereocenters. The Morgan fingerprint density at radius 1 is 1.20 bits per heavy atom. The van der Waals surface area contributed by atoms with Gasteiger partial charge in [0.2, 0.25) is 5.89 Å². The first-order chi connectivity index (χ1) is 9.83. The number of para-hydroxylation sites is 2. The smallest absolute Gasteiger partial charge is 0.227 e. The van der Waals surface area contributed by atoms with Crippen LogP contribution in [0.5, 0.6) is 0 Å². The first-order valence-corrected chi connectivity index (χ1v) is 7.82. The summed E-state index contributed by atoms with van der Waals surface area (Å²) in [6.45, 7) is 3.89. The van der Waals surface area contributed by atoms with Gasteiger partial charge in [0.05, 0.1) is 0 Å². The van der Waals surface area contributed by atoms with Gasteiger partial charge in [-0.1, -0.05) is 36.9 Å². The number of oxazole rings is 1. The molecule has 0 radical (unpaired) electrons. The highest BCUT2D eigenvalue weighted by Gasteiger charge is 2.13. The van der Waals surface area contributed by atoms with Crippen LogP contribution in [0.4, 0.5) is 0 Å². The Bertz CT molecular complexity index is 728. The Labute approximate surface area is 122 Å². The van der Waals surface area contributed by atoms with Crippen LogP contribution in [0.15, 0.2) is 53.5 Å². The largest absolute Gasteiger partial charge is 0.436 e. The van der Waals surface area contributed by atoms with Crippen molar-refractivity contribution in [2.75, 3.05) is 6.26 Å². The predicted molar refractivity (Wildman–Crippen MR) is 86.8 cm³/mol. The predicted octanol–water partition coefficient (Wildman–Crippen LogP) is 5.00. The second-order valence-electron chi connectivity index (χ2n) is 4.50. The Morgan fingerprint density at radius 3 is 2.80 bits per heavy atom. The van der Waals surface area contributed by atoms with E-state index in [-0.39, 0.29) is 0 Å². The standard InChI is InChI=1S/C17H15NOS/c1-3-12-7-6-8-13(14(12)11-20-2)17-18-15-9-4-5-10-16(15)19-17/h3-10H,1,11H2,2H3. The van der Waals surface area contributed by atoms with Crippen molar-refractivity contribution in [3.63, 3.8) is 0 Å². The summed E-state index contributed by atoms with van der Waals surface area (Å²) in [7, 11) is 0. The third kappa shape index (κ3) is 2.25. The van der Waals surface area contributed by atoms with Crippen molar-refractivity contribution >= 4 is 28.9 Å². The van der Waals surface area contributed by atoms with Crippen LogP contribution in [-0.2, 0) is 5.75 Å². The van der Waals surface area contributed by atoms with E-state index in [1.54, 1.807) is 11.8 Å². The zero-order valence-electron chi connectivity index (χ0n) is 11.3. The summed E-state index contributed by atoms with van der Waals surface area (Å²) in [5, 5.41) is 0. The molecule has 0 saturated heterocycles. The summed E-state index contributed by atoms with van der Waals surface area (Å²) in [6.07, 6.45) is 3.98. The van der Waals surface area contributed by atoms with Crippen molar-refractivity contribution in [1.82, 2.24) is 4.98 Å². The van der Waals surface area contributed by atoms with Gasteiger partial charge in [0, 0.05) is 11.3 Å². The van der Waals surface area contributed by atoms with Gasteiger partial charge in [-0.3, -0.25) is 0 Å². The molecule has 20 heavy (non-hydrogen) atoms. The van der Waals surface area contributed by atoms with E-state index in [2.05, 4.69) is 30.0 Å². The number of rotatable bonds is 4. The van der Waals surface area contributed by atoms with E-state index in [1.807, 2.05) is 36.4 Å². The minimum Gasteiger partial charge on any atom is -0.436 e. The molecule has 2 aromatic carbocycles. The van der Waals surface area contributed by atoms with E-state index in [0.717, 1.165) is 28.0 Å². The van der Waals surface area contributed by atoms with Gasteiger partial charge in [0.1, 0.15) is 5.52 Å². The molecule has 0 N–H and O–H groups in total. The van der Waals surface area contributed by atoms with Gasteiger partial charge in [-0.2, -0.15) is 11.8 Å². The highest BCUT2D eigenvalue weighted by molar-refractivity contribution is 7.97. The summed E-state index contributed by atoms with van der Waals surface area (Å²) >= 11 is 1.78. The van der Waals surface area contributed by atoms with Crippen LogP contribution in [0, 0.1) is 0 Å². The van der Waals surface area contributed by atoms with Crippen LogP contribution in [-0.4, -0.2) is 11.2 Å². The summed E-state index contributed by atoms with van der Waals surface area (Å²) in [5.74, 6) is 1.59. The molecule has 2 nitrogen and oxygen atoms in total. The van der Waals surface area contributed by atoms with Gasteiger partial charge in [-0.15, -0.1) is 0 Å². The Kier molecular flexibility index (Phi) is 3.61. The SMILES string of the molecule is C=Cc1cccc(-c2nc3ccccc3o2)c1CSC. The molecule has 3 heteroatoms. The average Bonchev–Trinajstić information content (AvgIpc) is 2.91. The van der Waals surface area contributed by atoms with Crippen LogP contribution in [0.2, 0.25) is 0 Å². The second-order valence-corrected chi connectivity index (χ2v) is 5.36. The quantitative estimate of drug-likeness (QED) is 0.673. The number of thioether (sulfide) groups is 1. The maximum atomic E-state index is 5.89. The van der Waals surface area contributed by atoms with Gasteiger partial charge in [-0.05, 0) is 35.6 Å². The van der Waals surface area contributed by atoms with Crippen molar-refractivity contribution in [1.29, 1.82) is 0 Å². The van der Waals surface area contributed by atoms with E-state index in [0.29, 0.717) is 5.89 Å². The molecule has 0 fully saturated rings. The molecule has 0 aliphatic rings. The fourth-order valence-corrected chi connectivity index (χ4v) is 2.90. The normalized spacial score (nSPS) is 10.8. The lowest BCUT2D eigenvalue weighted by molar-refractivity contribution is 0.619. The van der Waals surface area contributed by atoms with Crippen LogP contribution in [0.3, 0.4) is 0 Å². The lowest BCUT2D eigenvalue weighted by Gasteiger charge is -2.09. The number of benzene rings is 2. The zero-order valence-corrected chi connectivity index (χ0v) is 12.1. The molecule has 0 aliphatic heterocycles. The minimum atomic E-state index is 0.680.